The fourth-order valence-electron chi connectivity index (χ4n) is 3.33. The Morgan fingerprint density at radius 3 is 2.46 bits per heavy atom. The maximum atomic E-state index is 12.8. The minimum absolute atomic E-state index is 0.0419. The molecule has 2 aromatic carbocycles. The van der Waals surface area contributed by atoms with Gasteiger partial charge in [-0.05, 0) is 36.9 Å². The second kappa shape index (κ2) is 9.75. The zero-order valence-electron chi connectivity index (χ0n) is 16.4. The highest BCUT2D eigenvalue weighted by molar-refractivity contribution is 7.99. The van der Waals surface area contributed by atoms with Gasteiger partial charge in [0.25, 0.3) is 0 Å². The number of thioether (sulfide) groups is 1. The number of nitrogens with one attached hydrogen (secondary N) is 1. The summed E-state index contributed by atoms with van der Waals surface area (Å²) in [4.78, 5) is 29.3. The van der Waals surface area contributed by atoms with Gasteiger partial charge in [-0.3, -0.25) is 9.59 Å². The maximum Gasteiger partial charge on any atom is 0.224 e. The molecule has 0 unspecified atom stereocenters. The highest BCUT2D eigenvalue weighted by Gasteiger charge is 2.27. The molecule has 28 heavy (non-hydrogen) atoms. The molecule has 1 heterocycles. The Hall–Kier alpha value is -2.31. The second-order valence-electron chi connectivity index (χ2n) is 7.08. The zero-order chi connectivity index (χ0) is 19.9. The fourth-order valence-corrected chi connectivity index (χ4v) is 4.38. The molecule has 148 valence electrons. The lowest BCUT2D eigenvalue weighted by Crippen LogP contribution is -2.37. The molecule has 0 radical (unpaired) electrons. The van der Waals surface area contributed by atoms with E-state index in [1.165, 1.54) is 12.5 Å². The van der Waals surface area contributed by atoms with Crippen LogP contribution in [0.5, 0.6) is 0 Å². The molecule has 1 N–H and O–H groups in total. The van der Waals surface area contributed by atoms with Crippen molar-refractivity contribution in [2.45, 2.75) is 24.3 Å². The largest absolute Gasteiger partial charge is 0.333 e. The number of carbonyl (C=O) groups is 2. The highest BCUT2D eigenvalue weighted by Crippen LogP contribution is 2.30. The molecule has 2 amide bonds. The summed E-state index contributed by atoms with van der Waals surface area (Å²) in [6.45, 7) is 3.96. The standard InChI is InChI=1S/C22H27N3O2S/c1-17(26)23-19-8-10-20(11-9-19)28-16-21(18-6-4-3-5-7-18)25-15-14-24(2)13-12-22(25)27/h3-11,21H,12-16H2,1-2H3,(H,23,26)/t21-/m0/s1. The smallest absolute Gasteiger partial charge is 0.224 e. The third kappa shape index (κ3) is 5.59. The van der Waals surface area contributed by atoms with Crippen LogP contribution in [-0.2, 0) is 9.59 Å². The minimum atomic E-state index is -0.0748. The van der Waals surface area contributed by atoms with Crippen LogP contribution in [0.2, 0.25) is 0 Å². The highest BCUT2D eigenvalue weighted by atomic mass is 32.2. The summed E-state index contributed by atoms with van der Waals surface area (Å²) in [7, 11) is 2.07. The van der Waals surface area contributed by atoms with Gasteiger partial charge in [-0.25, -0.2) is 0 Å². The third-order valence-corrected chi connectivity index (χ3v) is 5.98. The number of rotatable bonds is 6. The molecule has 1 fully saturated rings. The summed E-state index contributed by atoms with van der Waals surface area (Å²) in [5.41, 5.74) is 1.96. The molecular weight excluding hydrogens is 370 g/mol. The quantitative estimate of drug-likeness (QED) is 0.756. The molecule has 0 aromatic heterocycles. The average Bonchev–Trinajstić information content (AvgIpc) is 2.85. The zero-order valence-corrected chi connectivity index (χ0v) is 17.2. The Morgan fingerprint density at radius 2 is 1.79 bits per heavy atom. The molecule has 6 heteroatoms. The number of hydrogen-bond acceptors (Lipinski definition) is 4. The van der Waals surface area contributed by atoms with E-state index in [1.807, 2.05) is 47.4 Å². The van der Waals surface area contributed by atoms with Crippen molar-refractivity contribution in [2.24, 2.45) is 0 Å². The third-order valence-electron chi connectivity index (χ3n) is 4.89. The SMILES string of the molecule is CC(=O)Nc1ccc(SC[C@@H](c2ccccc2)N2CCN(C)CCC2=O)cc1. The summed E-state index contributed by atoms with van der Waals surface area (Å²) >= 11 is 1.73. The molecule has 1 aliphatic rings. The number of hydrogen-bond donors (Lipinski definition) is 1. The summed E-state index contributed by atoms with van der Waals surface area (Å²) in [5, 5.41) is 2.79. The monoisotopic (exact) mass is 397 g/mol. The van der Waals surface area contributed by atoms with E-state index in [1.54, 1.807) is 11.8 Å². The first-order valence-corrected chi connectivity index (χ1v) is 10.5. The molecule has 0 saturated carbocycles. The Bertz CT molecular complexity index is 795. The van der Waals surface area contributed by atoms with Gasteiger partial charge in [0.1, 0.15) is 0 Å². The Labute approximate surface area is 171 Å². The molecule has 1 saturated heterocycles. The number of benzene rings is 2. The lowest BCUT2D eigenvalue weighted by Gasteiger charge is -2.31. The van der Waals surface area contributed by atoms with E-state index in [2.05, 4.69) is 29.4 Å². The van der Waals surface area contributed by atoms with Gasteiger partial charge in [0.15, 0.2) is 0 Å². The van der Waals surface area contributed by atoms with Gasteiger partial charge in [0.05, 0.1) is 6.04 Å². The predicted molar refractivity (Wildman–Crippen MR) is 114 cm³/mol. The summed E-state index contributed by atoms with van der Waals surface area (Å²) in [6, 6.07) is 18.2. The van der Waals surface area contributed by atoms with Gasteiger partial charge >= 0.3 is 0 Å². The van der Waals surface area contributed by atoms with Gasteiger partial charge in [-0.2, -0.15) is 0 Å². The Balaban J connectivity index is 1.74. The van der Waals surface area contributed by atoms with E-state index in [4.69, 9.17) is 0 Å². The van der Waals surface area contributed by atoms with E-state index in [9.17, 15) is 9.59 Å². The van der Waals surface area contributed by atoms with Crippen LogP contribution in [-0.4, -0.2) is 54.0 Å². The number of amides is 2. The Kier molecular flexibility index (Phi) is 7.12. The summed E-state index contributed by atoms with van der Waals surface area (Å²) in [5.74, 6) is 0.938. The first-order valence-electron chi connectivity index (χ1n) is 9.56. The van der Waals surface area contributed by atoms with Crippen LogP contribution in [0.25, 0.3) is 0 Å². The molecule has 0 bridgehead atoms. The summed E-state index contributed by atoms with van der Waals surface area (Å²) < 4.78 is 0. The molecule has 1 atom stereocenters. The van der Waals surface area contributed by atoms with Gasteiger partial charge in [-0.1, -0.05) is 30.3 Å². The van der Waals surface area contributed by atoms with E-state index >= 15 is 0 Å². The van der Waals surface area contributed by atoms with Crippen LogP contribution in [0.3, 0.4) is 0 Å². The average molecular weight is 398 g/mol. The van der Waals surface area contributed by atoms with Crippen molar-refractivity contribution in [3.8, 4) is 0 Å². The normalized spacial score (nSPS) is 16.5. The second-order valence-corrected chi connectivity index (χ2v) is 8.18. The number of likely N-dealkylation sites (N-methyl/N-ethyl adjacent to an activating group) is 1. The maximum absolute atomic E-state index is 12.8. The lowest BCUT2D eigenvalue weighted by molar-refractivity contribution is -0.132. The molecule has 3 rings (SSSR count). The van der Waals surface area contributed by atoms with Gasteiger partial charge in [0, 0.05) is 49.3 Å². The molecule has 5 nitrogen and oxygen atoms in total. The minimum Gasteiger partial charge on any atom is -0.333 e. The number of carbonyl (C=O) groups excluding carboxylic acids is 2. The van der Waals surface area contributed by atoms with Gasteiger partial charge in [0.2, 0.25) is 11.8 Å². The molecule has 0 spiro atoms. The van der Waals surface area contributed by atoms with Crippen molar-refractivity contribution in [1.29, 1.82) is 0 Å². The summed E-state index contributed by atoms with van der Waals surface area (Å²) in [6.07, 6.45) is 0.565. The van der Waals surface area contributed by atoms with E-state index in [-0.39, 0.29) is 17.9 Å². The number of nitrogens with zero attached hydrogens (tertiary/aromatic N) is 2. The molecule has 2 aromatic rings. The number of anilines is 1. The van der Waals surface area contributed by atoms with Crippen molar-refractivity contribution in [1.82, 2.24) is 9.80 Å². The molecular formula is C22H27N3O2S. The van der Waals surface area contributed by atoms with Crippen LogP contribution < -0.4 is 5.32 Å². The van der Waals surface area contributed by atoms with Crippen LogP contribution in [0.4, 0.5) is 5.69 Å². The molecule has 1 aliphatic heterocycles. The van der Waals surface area contributed by atoms with Crippen molar-refractivity contribution < 1.29 is 9.59 Å². The van der Waals surface area contributed by atoms with Crippen LogP contribution in [0.1, 0.15) is 24.9 Å². The fraction of sp³-hybridized carbons (Fsp3) is 0.364. The van der Waals surface area contributed by atoms with Crippen molar-refractivity contribution in [2.75, 3.05) is 37.8 Å². The first-order chi connectivity index (χ1) is 13.5. The van der Waals surface area contributed by atoms with E-state index < -0.39 is 0 Å². The van der Waals surface area contributed by atoms with Crippen molar-refractivity contribution >= 4 is 29.3 Å². The topological polar surface area (TPSA) is 52.7 Å². The van der Waals surface area contributed by atoms with E-state index in [0.29, 0.717) is 6.42 Å². The van der Waals surface area contributed by atoms with Crippen LogP contribution >= 0.6 is 11.8 Å². The van der Waals surface area contributed by atoms with Crippen LogP contribution in [0, 0.1) is 0 Å². The lowest BCUT2D eigenvalue weighted by atomic mass is 10.1. The Morgan fingerprint density at radius 1 is 1.07 bits per heavy atom. The molecule has 0 aliphatic carbocycles. The van der Waals surface area contributed by atoms with Gasteiger partial charge in [-0.15, -0.1) is 11.8 Å². The first kappa shape index (κ1) is 20.4. The van der Waals surface area contributed by atoms with Crippen molar-refractivity contribution in [3.05, 3.63) is 60.2 Å². The van der Waals surface area contributed by atoms with Crippen LogP contribution in [0.15, 0.2) is 59.5 Å². The van der Waals surface area contributed by atoms with Crippen molar-refractivity contribution in [3.63, 3.8) is 0 Å². The van der Waals surface area contributed by atoms with E-state index in [0.717, 1.165) is 36.0 Å². The predicted octanol–water partition coefficient (Wildman–Crippen LogP) is 3.64. The van der Waals surface area contributed by atoms with Gasteiger partial charge < -0.3 is 15.1 Å².